The molecule has 0 aromatic carbocycles. The van der Waals surface area contributed by atoms with Crippen molar-refractivity contribution in [2.24, 2.45) is 0 Å². The van der Waals surface area contributed by atoms with E-state index in [1.165, 1.54) is 0 Å². The second-order valence-corrected chi connectivity index (χ2v) is 1.96. The summed E-state index contributed by atoms with van der Waals surface area (Å²) in [6, 6.07) is 0. The molecule has 1 aliphatic rings. The Morgan fingerprint density at radius 3 is 2.40 bits per heavy atom. The Kier molecular flexibility index (Phi) is 1.37. The van der Waals surface area contributed by atoms with Gasteiger partial charge in [0.2, 0.25) is 5.91 Å². The van der Waals surface area contributed by atoms with Gasteiger partial charge in [0.15, 0.2) is 5.78 Å². The zero-order chi connectivity index (χ0) is 7.72. The Balaban J connectivity index is 2.86. The third-order valence-electron chi connectivity index (χ3n) is 1.18. The maximum absolute atomic E-state index is 10.6. The Hall–Kier alpha value is -1.45. The quantitative estimate of drug-likeness (QED) is 0.206. The van der Waals surface area contributed by atoms with E-state index in [-0.39, 0.29) is 12.0 Å². The molecular weight excluding hydrogens is 134 g/mol. The molecule has 2 amide bonds. The number of rotatable bonds is 0. The van der Waals surface area contributed by atoms with Gasteiger partial charge in [-0.3, -0.25) is 19.7 Å². The van der Waals surface area contributed by atoms with E-state index < -0.39 is 17.6 Å². The maximum atomic E-state index is 10.6. The molecule has 0 radical (unpaired) electrons. The number of imide groups is 1. The Morgan fingerprint density at radius 1 is 1.30 bits per heavy atom. The van der Waals surface area contributed by atoms with Gasteiger partial charge in [-0.15, -0.1) is 0 Å². The average molecular weight is 139 g/mol. The molecule has 0 bridgehead atoms. The van der Waals surface area contributed by atoms with Gasteiger partial charge in [-0.25, -0.2) is 0 Å². The van der Waals surface area contributed by atoms with Crippen molar-refractivity contribution in [3.05, 3.63) is 12.2 Å². The number of carbonyl (C=O) groups excluding carboxylic acids is 3. The van der Waals surface area contributed by atoms with Gasteiger partial charge in [-0.05, 0) is 0 Å². The third kappa shape index (κ3) is 0.953. The molecule has 1 N–H and O–H groups in total. The molecule has 0 aromatic heterocycles. The number of hydrogen-bond donors (Lipinski definition) is 1. The fourth-order valence-electron chi connectivity index (χ4n) is 0.625. The number of Topliss-reactive ketones (excluding diaryl/α,β-unsaturated/α-hetero) is 1. The highest BCUT2D eigenvalue weighted by atomic mass is 16.2. The molecule has 1 heterocycles. The lowest BCUT2D eigenvalue weighted by Gasteiger charge is -2.09. The first-order chi connectivity index (χ1) is 4.61. The molecule has 0 spiro atoms. The predicted molar refractivity (Wildman–Crippen MR) is 31.9 cm³/mol. The van der Waals surface area contributed by atoms with Crippen LogP contribution in [0, 0.1) is 0 Å². The van der Waals surface area contributed by atoms with Crippen LogP contribution < -0.4 is 5.32 Å². The number of amides is 2. The molecule has 0 unspecified atom stereocenters. The van der Waals surface area contributed by atoms with Gasteiger partial charge < -0.3 is 0 Å². The molecule has 0 saturated carbocycles. The van der Waals surface area contributed by atoms with Gasteiger partial charge in [0.25, 0.3) is 5.91 Å². The number of piperidine rings is 1. The summed E-state index contributed by atoms with van der Waals surface area (Å²) >= 11 is 0. The molecule has 10 heavy (non-hydrogen) atoms. The molecular formula is C6H5NO3. The van der Waals surface area contributed by atoms with E-state index in [1.807, 2.05) is 5.32 Å². The third-order valence-corrected chi connectivity index (χ3v) is 1.18. The van der Waals surface area contributed by atoms with Crippen LogP contribution in [-0.2, 0) is 14.4 Å². The van der Waals surface area contributed by atoms with Gasteiger partial charge in [-0.1, -0.05) is 6.58 Å². The second kappa shape index (κ2) is 2.06. The van der Waals surface area contributed by atoms with Gasteiger partial charge >= 0.3 is 0 Å². The van der Waals surface area contributed by atoms with Crippen LogP contribution in [0.5, 0.6) is 0 Å². The van der Waals surface area contributed by atoms with Crippen LogP contribution in [-0.4, -0.2) is 17.6 Å². The number of ketones is 1. The molecule has 1 rings (SSSR count). The van der Waals surface area contributed by atoms with Crippen molar-refractivity contribution in [2.75, 3.05) is 0 Å². The van der Waals surface area contributed by atoms with E-state index in [0.717, 1.165) is 0 Å². The monoisotopic (exact) mass is 139 g/mol. The van der Waals surface area contributed by atoms with Crippen molar-refractivity contribution in [1.29, 1.82) is 0 Å². The van der Waals surface area contributed by atoms with Crippen molar-refractivity contribution < 1.29 is 14.4 Å². The van der Waals surface area contributed by atoms with Crippen LogP contribution in [0.15, 0.2) is 12.2 Å². The van der Waals surface area contributed by atoms with Crippen LogP contribution >= 0.6 is 0 Å². The molecule has 4 nitrogen and oxygen atoms in total. The van der Waals surface area contributed by atoms with Crippen molar-refractivity contribution >= 4 is 17.6 Å². The molecule has 1 aliphatic heterocycles. The summed E-state index contributed by atoms with van der Waals surface area (Å²) in [5.41, 5.74) is -0.139. The highest BCUT2D eigenvalue weighted by molar-refractivity contribution is 6.30. The fraction of sp³-hybridized carbons (Fsp3) is 0.167. The van der Waals surface area contributed by atoms with Crippen LogP contribution in [0.1, 0.15) is 6.42 Å². The van der Waals surface area contributed by atoms with Crippen molar-refractivity contribution in [3.8, 4) is 0 Å². The maximum Gasteiger partial charge on any atom is 0.260 e. The van der Waals surface area contributed by atoms with Crippen LogP contribution in [0.4, 0.5) is 0 Å². The minimum absolute atomic E-state index is 0.139. The molecule has 0 atom stereocenters. The summed E-state index contributed by atoms with van der Waals surface area (Å²) in [7, 11) is 0. The summed E-state index contributed by atoms with van der Waals surface area (Å²) < 4.78 is 0. The topological polar surface area (TPSA) is 63.2 Å². The largest absolute Gasteiger partial charge is 0.293 e. The van der Waals surface area contributed by atoms with Crippen molar-refractivity contribution in [2.45, 2.75) is 6.42 Å². The molecule has 4 heteroatoms. The molecule has 0 aromatic rings. The standard InChI is InChI=1S/C6H5NO3/c1-3-4(8)2-5(9)7-6(3)10/h1-2H2,(H,7,9,10). The molecule has 52 valence electrons. The first-order valence-electron chi connectivity index (χ1n) is 2.67. The SMILES string of the molecule is C=C1C(=O)CC(=O)NC1=O. The minimum atomic E-state index is -0.679. The van der Waals surface area contributed by atoms with E-state index in [2.05, 4.69) is 6.58 Å². The first kappa shape index (κ1) is 6.67. The van der Waals surface area contributed by atoms with Crippen LogP contribution in [0.2, 0.25) is 0 Å². The molecule has 0 aliphatic carbocycles. The number of hydrogen-bond acceptors (Lipinski definition) is 3. The zero-order valence-corrected chi connectivity index (χ0v) is 5.14. The number of carbonyl (C=O) groups is 3. The van der Waals surface area contributed by atoms with Crippen LogP contribution in [0.25, 0.3) is 0 Å². The summed E-state index contributed by atoms with van der Waals surface area (Å²) in [4.78, 5) is 31.6. The highest BCUT2D eigenvalue weighted by Gasteiger charge is 2.25. The van der Waals surface area contributed by atoms with Gasteiger partial charge in [0.05, 0.1) is 12.0 Å². The second-order valence-electron chi connectivity index (χ2n) is 1.96. The first-order valence-corrected chi connectivity index (χ1v) is 2.67. The van der Waals surface area contributed by atoms with E-state index in [0.29, 0.717) is 0 Å². The summed E-state index contributed by atoms with van der Waals surface area (Å²) in [5, 5.41) is 1.96. The van der Waals surface area contributed by atoms with Crippen molar-refractivity contribution in [1.82, 2.24) is 5.32 Å². The smallest absolute Gasteiger partial charge is 0.260 e. The van der Waals surface area contributed by atoms with Crippen LogP contribution in [0.3, 0.4) is 0 Å². The van der Waals surface area contributed by atoms with Crippen molar-refractivity contribution in [3.63, 3.8) is 0 Å². The average Bonchev–Trinajstić information content (AvgIpc) is 1.82. The van der Waals surface area contributed by atoms with E-state index >= 15 is 0 Å². The molecule has 1 fully saturated rings. The van der Waals surface area contributed by atoms with E-state index in [9.17, 15) is 14.4 Å². The highest BCUT2D eigenvalue weighted by Crippen LogP contribution is 2.02. The Morgan fingerprint density at radius 2 is 1.90 bits per heavy atom. The summed E-state index contributed by atoms with van der Waals surface area (Å²) in [6.45, 7) is 3.20. The van der Waals surface area contributed by atoms with Gasteiger partial charge in [-0.2, -0.15) is 0 Å². The minimum Gasteiger partial charge on any atom is -0.293 e. The van der Waals surface area contributed by atoms with E-state index in [4.69, 9.17) is 0 Å². The fourth-order valence-corrected chi connectivity index (χ4v) is 0.625. The molecule has 1 saturated heterocycles. The summed E-state index contributed by atoms with van der Waals surface area (Å²) in [6.07, 6.45) is -0.259. The lowest BCUT2D eigenvalue weighted by molar-refractivity contribution is -0.134. The lowest BCUT2D eigenvalue weighted by atomic mass is 10.1. The van der Waals surface area contributed by atoms with E-state index in [1.54, 1.807) is 0 Å². The predicted octanol–water partition coefficient (Wildman–Crippen LogP) is -0.842. The summed E-state index contributed by atoms with van der Waals surface area (Å²) in [5.74, 6) is -1.72. The van der Waals surface area contributed by atoms with Gasteiger partial charge in [0.1, 0.15) is 0 Å². The number of nitrogens with one attached hydrogen (secondary N) is 1. The Bertz CT molecular complexity index is 219. The Labute approximate surface area is 56.9 Å². The van der Waals surface area contributed by atoms with Gasteiger partial charge in [0, 0.05) is 0 Å². The normalized spacial score (nSPS) is 19.2. The zero-order valence-electron chi connectivity index (χ0n) is 5.14. The lowest BCUT2D eigenvalue weighted by Crippen LogP contribution is -2.40.